The highest BCUT2D eigenvalue weighted by atomic mass is 19.1. The van der Waals surface area contributed by atoms with E-state index in [4.69, 9.17) is 4.74 Å². The lowest BCUT2D eigenvalue weighted by Gasteiger charge is -2.36. The second-order valence-electron chi connectivity index (χ2n) is 6.50. The molecule has 0 amide bonds. The van der Waals surface area contributed by atoms with E-state index in [2.05, 4.69) is 42.3 Å². The van der Waals surface area contributed by atoms with Gasteiger partial charge < -0.3 is 10.1 Å². The monoisotopic (exact) mass is 328 g/mol. The summed E-state index contributed by atoms with van der Waals surface area (Å²) in [6.45, 7) is 7.95. The number of rotatable bonds is 4. The Bertz CT molecular complexity index is 691. The molecule has 1 saturated heterocycles. The van der Waals surface area contributed by atoms with E-state index in [1.165, 1.54) is 22.8 Å². The summed E-state index contributed by atoms with van der Waals surface area (Å²) in [7, 11) is 1.65. The van der Waals surface area contributed by atoms with Gasteiger partial charge in [0.15, 0.2) is 0 Å². The predicted octanol–water partition coefficient (Wildman–Crippen LogP) is 3.45. The fourth-order valence-electron chi connectivity index (χ4n) is 3.61. The fraction of sp³-hybridized carbons (Fsp3) is 0.400. The van der Waals surface area contributed by atoms with Crippen LogP contribution in [0.3, 0.4) is 0 Å². The molecule has 0 bridgehead atoms. The molecule has 1 N–H and O–H groups in total. The van der Waals surface area contributed by atoms with Gasteiger partial charge in [0, 0.05) is 31.7 Å². The van der Waals surface area contributed by atoms with Crippen molar-refractivity contribution in [1.29, 1.82) is 0 Å². The molecule has 4 heteroatoms. The fourth-order valence-corrected chi connectivity index (χ4v) is 3.61. The minimum atomic E-state index is -0.227. The average Bonchev–Trinajstić information content (AvgIpc) is 2.55. The van der Waals surface area contributed by atoms with Crippen LogP contribution in [0.15, 0.2) is 36.4 Å². The number of ether oxygens (including phenoxy) is 1. The third-order valence-corrected chi connectivity index (χ3v) is 4.56. The molecule has 3 nitrogen and oxygen atoms in total. The van der Waals surface area contributed by atoms with Crippen LogP contribution in [0, 0.1) is 19.7 Å². The van der Waals surface area contributed by atoms with Crippen molar-refractivity contribution in [3.8, 4) is 5.75 Å². The summed E-state index contributed by atoms with van der Waals surface area (Å²) in [5.41, 5.74) is 4.53. The normalized spacial score (nSPS) is 16.8. The van der Waals surface area contributed by atoms with Crippen LogP contribution >= 0.6 is 0 Å². The molecule has 1 fully saturated rings. The van der Waals surface area contributed by atoms with Gasteiger partial charge in [-0.2, -0.15) is 0 Å². The summed E-state index contributed by atoms with van der Waals surface area (Å²) >= 11 is 0. The zero-order valence-electron chi connectivity index (χ0n) is 14.6. The summed E-state index contributed by atoms with van der Waals surface area (Å²) in [6, 6.07) is 11.4. The van der Waals surface area contributed by atoms with E-state index in [0.717, 1.165) is 37.5 Å². The summed E-state index contributed by atoms with van der Waals surface area (Å²) in [5.74, 6) is 0.509. The van der Waals surface area contributed by atoms with E-state index < -0.39 is 0 Å². The number of piperazine rings is 1. The molecule has 1 atom stereocenters. The number of halogens is 1. The van der Waals surface area contributed by atoms with E-state index >= 15 is 0 Å². The number of hydrogen-bond donors (Lipinski definition) is 1. The van der Waals surface area contributed by atoms with Gasteiger partial charge >= 0.3 is 0 Å². The van der Waals surface area contributed by atoms with Gasteiger partial charge in [-0.25, -0.2) is 4.39 Å². The summed E-state index contributed by atoms with van der Waals surface area (Å²) in [5, 5.41) is 3.39. The Morgan fingerprint density at radius 3 is 2.33 bits per heavy atom. The van der Waals surface area contributed by atoms with E-state index in [9.17, 15) is 4.39 Å². The summed E-state index contributed by atoms with van der Waals surface area (Å²) < 4.78 is 19.5. The Balaban J connectivity index is 2.13. The lowest BCUT2D eigenvalue weighted by atomic mass is 9.93. The zero-order valence-corrected chi connectivity index (χ0v) is 14.6. The lowest BCUT2D eigenvalue weighted by molar-refractivity contribution is 0.195. The molecule has 1 heterocycles. The highest BCUT2D eigenvalue weighted by Gasteiger charge is 2.27. The van der Waals surface area contributed by atoms with Crippen molar-refractivity contribution in [1.82, 2.24) is 10.2 Å². The number of hydrogen-bond acceptors (Lipinski definition) is 3. The molecule has 0 aromatic heterocycles. The van der Waals surface area contributed by atoms with Gasteiger partial charge in [-0.3, -0.25) is 4.90 Å². The zero-order chi connectivity index (χ0) is 17.1. The maximum absolute atomic E-state index is 14.0. The summed E-state index contributed by atoms with van der Waals surface area (Å²) in [6.07, 6.45) is 0. The smallest absolute Gasteiger partial charge is 0.124 e. The van der Waals surface area contributed by atoms with Crippen molar-refractivity contribution in [3.63, 3.8) is 0 Å². The highest BCUT2D eigenvalue weighted by molar-refractivity contribution is 5.44. The van der Waals surface area contributed by atoms with Gasteiger partial charge in [-0.1, -0.05) is 29.3 Å². The van der Waals surface area contributed by atoms with Crippen molar-refractivity contribution < 1.29 is 9.13 Å². The first-order chi connectivity index (χ1) is 11.6. The SMILES string of the molecule is COc1ccc(F)cc1C(c1cc(C)cc(C)c1)N1CCNCC1. The maximum atomic E-state index is 14.0. The lowest BCUT2D eigenvalue weighted by Crippen LogP contribution is -2.45. The Labute approximate surface area is 143 Å². The Morgan fingerprint density at radius 2 is 1.71 bits per heavy atom. The van der Waals surface area contributed by atoms with Crippen LogP contribution in [0.25, 0.3) is 0 Å². The first kappa shape index (κ1) is 16.9. The first-order valence-electron chi connectivity index (χ1n) is 8.45. The van der Waals surface area contributed by atoms with E-state index in [1.807, 2.05) is 0 Å². The molecule has 1 aliphatic rings. The minimum Gasteiger partial charge on any atom is -0.496 e. The van der Waals surface area contributed by atoms with Gasteiger partial charge in [-0.05, 0) is 37.6 Å². The van der Waals surface area contributed by atoms with Crippen molar-refractivity contribution in [3.05, 3.63) is 64.5 Å². The largest absolute Gasteiger partial charge is 0.496 e. The molecule has 3 rings (SSSR count). The molecule has 2 aromatic rings. The maximum Gasteiger partial charge on any atom is 0.124 e. The molecule has 0 spiro atoms. The topological polar surface area (TPSA) is 24.5 Å². The van der Waals surface area contributed by atoms with Crippen molar-refractivity contribution in [2.45, 2.75) is 19.9 Å². The highest BCUT2D eigenvalue weighted by Crippen LogP contribution is 2.36. The molecule has 0 radical (unpaired) electrons. The van der Waals surface area contributed by atoms with Crippen LogP contribution in [0.5, 0.6) is 5.75 Å². The van der Waals surface area contributed by atoms with Gasteiger partial charge in [-0.15, -0.1) is 0 Å². The molecule has 24 heavy (non-hydrogen) atoms. The minimum absolute atomic E-state index is 0.00338. The molecule has 0 aliphatic carbocycles. The van der Waals surface area contributed by atoms with Crippen LogP contribution < -0.4 is 10.1 Å². The van der Waals surface area contributed by atoms with Gasteiger partial charge in [0.1, 0.15) is 11.6 Å². The van der Waals surface area contributed by atoms with Crippen molar-refractivity contribution in [2.75, 3.05) is 33.3 Å². The first-order valence-corrected chi connectivity index (χ1v) is 8.45. The van der Waals surface area contributed by atoms with Gasteiger partial charge in [0.2, 0.25) is 0 Å². The van der Waals surface area contributed by atoms with E-state index in [1.54, 1.807) is 19.2 Å². The molecular weight excluding hydrogens is 303 g/mol. The predicted molar refractivity (Wildman–Crippen MR) is 95.2 cm³/mol. The third-order valence-electron chi connectivity index (χ3n) is 4.56. The van der Waals surface area contributed by atoms with E-state index in [0.29, 0.717) is 0 Å². The van der Waals surface area contributed by atoms with Crippen LogP contribution in [0.1, 0.15) is 28.3 Å². The molecule has 1 unspecified atom stereocenters. The quantitative estimate of drug-likeness (QED) is 0.930. The van der Waals surface area contributed by atoms with Gasteiger partial charge in [0.05, 0.1) is 13.2 Å². The molecule has 1 aliphatic heterocycles. The number of methoxy groups -OCH3 is 1. The Hall–Kier alpha value is -1.91. The Morgan fingerprint density at radius 1 is 1.04 bits per heavy atom. The number of aryl methyl sites for hydroxylation is 2. The molecule has 2 aromatic carbocycles. The molecule has 128 valence electrons. The number of benzene rings is 2. The second-order valence-corrected chi connectivity index (χ2v) is 6.50. The van der Waals surface area contributed by atoms with Crippen molar-refractivity contribution in [2.24, 2.45) is 0 Å². The number of nitrogens with one attached hydrogen (secondary N) is 1. The summed E-state index contributed by atoms with van der Waals surface area (Å²) in [4.78, 5) is 2.40. The van der Waals surface area contributed by atoms with Crippen LogP contribution in [0.4, 0.5) is 4.39 Å². The Kier molecular flexibility index (Phi) is 5.17. The van der Waals surface area contributed by atoms with Crippen LogP contribution in [-0.4, -0.2) is 38.2 Å². The molecular formula is C20H25FN2O. The standard InChI is InChI=1S/C20H25FN2O/c1-14-10-15(2)12-16(11-14)20(23-8-6-22-7-9-23)18-13-17(21)4-5-19(18)24-3/h4-5,10-13,20,22H,6-9H2,1-3H3. The van der Waals surface area contributed by atoms with E-state index in [-0.39, 0.29) is 11.9 Å². The van der Waals surface area contributed by atoms with Crippen LogP contribution in [-0.2, 0) is 0 Å². The van der Waals surface area contributed by atoms with Crippen molar-refractivity contribution >= 4 is 0 Å². The number of nitrogens with zero attached hydrogens (tertiary/aromatic N) is 1. The van der Waals surface area contributed by atoms with Gasteiger partial charge in [0.25, 0.3) is 0 Å². The molecule has 0 saturated carbocycles. The second kappa shape index (κ2) is 7.32. The van der Waals surface area contributed by atoms with Crippen LogP contribution in [0.2, 0.25) is 0 Å². The third kappa shape index (κ3) is 3.60. The average molecular weight is 328 g/mol.